The maximum atomic E-state index is 5.68. The van der Waals surface area contributed by atoms with Gasteiger partial charge in [-0.05, 0) is 31.0 Å². The lowest BCUT2D eigenvalue weighted by Crippen LogP contribution is -2.04. The molecule has 0 saturated carbocycles. The first-order valence-electron chi connectivity index (χ1n) is 5.90. The van der Waals surface area contributed by atoms with Crippen molar-refractivity contribution in [1.82, 2.24) is 0 Å². The third-order valence-corrected chi connectivity index (χ3v) is 2.19. The summed E-state index contributed by atoms with van der Waals surface area (Å²) >= 11 is 0. The molecule has 0 aromatic heterocycles. The number of ether oxygens (including phenoxy) is 2. The van der Waals surface area contributed by atoms with Crippen molar-refractivity contribution in [3.63, 3.8) is 0 Å². The standard InChI is InChI=1S/C13H21NO2/c1-3-7-15-12-5-6-13(16-8-4-2)11(9-12)10-14/h5-6,9H,3-4,7-8,10,14H2,1-2H3. The molecule has 0 bridgehead atoms. The predicted molar refractivity (Wildman–Crippen MR) is 65.9 cm³/mol. The summed E-state index contributed by atoms with van der Waals surface area (Å²) in [4.78, 5) is 0. The molecule has 0 unspecified atom stereocenters. The van der Waals surface area contributed by atoms with Gasteiger partial charge in [-0.15, -0.1) is 0 Å². The van der Waals surface area contributed by atoms with Gasteiger partial charge >= 0.3 is 0 Å². The van der Waals surface area contributed by atoms with Crippen molar-refractivity contribution in [2.45, 2.75) is 33.2 Å². The molecule has 1 aromatic carbocycles. The Bertz CT molecular complexity index is 313. The smallest absolute Gasteiger partial charge is 0.124 e. The maximum Gasteiger partial charge on any atom is 0.124 e. The third-order valence-electron chi connectivity index (χ3n) is 2.19. The van der Waals surface area contributed by atoms with E-state index in [1.807, 2.05) is 18.2 Å². The van der Waals surface area contributed by atoms with E-state index in [0.29, 0.717) is 6.54 Å². The Kier molecular flexibility index (Phi) is 5.72. The van der Waals surface area contributed by atoms with E-state index in [-0.39, 0.29) is 0 Å². The normalized spacial score (nSPS) is 10.2. The van der Waals surface area contributed by atoms with Crippen LogP contribution in [0.1, 0.15) is 32.3 Å². The minimum atomic E-state index is 0.475. The van der Waals surface area contributed by atoms with Crippen LogP contribution in [0, 0.1) is 0 Å². The van der Waals surface area contributed by atoms with E-state index in [9.17, 15) is 0 Å². The molecular formula is C13H21NO2. The fourth-order valence-corrected chi connectivity index (χ4v) is 1.38. The molecule has 0 atom stereocenters. The molecule has 1 rings (SSSR count). The van der Waals surface area contributed by atoms with Crippen molar-refractivity contribution in [3.8, 4) is 11.5 Å². The molecule has 0 radical (unpaired) electrons. The minimum Gasteiger partial charge on any atom is -0.494 e. The quantitative estimate of drug-likeness (QED) is 0.773. The van der Waals surface area contributed by atoms with Gasteiger partial charge in [0.25, 0.3) is 0 Å². The van der Waals surface area contributed by atoms with Crippen molar-refractivity contribution < 1.29 is 9.47 Å². The summed E-state index contributed by atoms with van der Waals surface area (Å²) in [6, 6.07) is 5.82. The summed E-state index contributed by atoms with van der Waals surface area (Å²) in [5, 5.41) is 0. The topological polar surface area (TPSA) is 44.5 Å². The van der Waals surface area contributed by atoms with Crippen LogP contribution in [0.25, 0.3) is 0 Å². The van der Waals surface area contributed by atoms with Crippen molar-refractivity contribution in [1.29, 1.82) is 0 Å². The van der Waals surface area contributed by atoms with Crippen molar-refractivity contribution in [3.05, 3.63) is 23.8 Å². The highest BCUT2D eigenvalue weighted by Crippen LogP contribution is 2.24. The molecular weight excluding hydrogens is 202 g/mol. The maximum absolute atomic E-state index is 5.68. The Hall–Kier alpha value is -1.22. The first kappa shape index (κ1) is 12.8. The molecule has 16 heavy (non-hydrogen) atoms. The molecule has 1 aromatic rings. The molecule has 0 aliphatic rings. The zero-order valence-corrected chi connectivity index (χ0v) is 10.2. The summed E-state index contributed by atoms with van der Waals surface area (Å²) in [6.45, 7) is 6.10. The second-order valence-electron chi connectivity index (χ2n) is 3.67. The SMILES string of the molecule is CCCOc1ccc(OCCC)c(CN)c1. The van der Waals surface area contributed by atoms with Gasteiger partial charge in [0.05, 0.1) is 13.2 Å². The number of hydrogen-bond acceptors (Lipinski definition) is 3. The minimum absolute atomic E-state index is 0.475. The van der Waals surface area contributed by atoms with Crippen LogP contribution in [-0.4, -0.2) is 13.2 Å². The van der Waals surface area contributed by atoms with Gasteiger partial charge in [-0.3, -0.25) is 0 Å². The van der Waals surface area contributed by atoms with Crippen LogP contribution in [0.5, 0.6) is 11.5 Å². The largest absolute Gasteiger partial charge is 0.494 e. The van der Waals surface area contributed by atoms with Gasteiger partial charge in [-0.1, -0.05) is 13.8 Å². The molecule has 0 saturated heterocycles. The molecule has 0 spiro atoms. The first-order valence-corrected chi connectivity index (χ1v) is 5.90. The van der Waals surface area contributed by atoms with Crippen molar-refractivity contribution >= 4 is 0 Å². The van der Waals surface area contributed by atoms with Crippen LogP contribution in [0.3, 0.4) is 0 Å². The second kappa shape index (κ2) is 7.12. The van der Waals surface area contributed by atoms with E-state index in [1.54, 1.807) is 0 Å². The summed E-state index contributed by atoms with van der Waals surface area (Å²) in [7, 11) is 0. The molecule has 0 heterocycles. The highest BCUT2D eigenvalue weighted by molar-refractivity contribution is 5.40. The van der Waals surface area contributed by atoms with E-state index in [2.05, 4.69) is 13.8 Å². The molecule has 90 valence electrons. The van der Waals surface area contributed by atoms with Gasteiger partial charge in [0.15, 0.2) is 0 Å². The van der Waals surface area contributed by atoms with Gasteiger partial charge in [0.1, 0.15) is 11.5 Å². The lowest BCUT2D eigenvalue weighted by Gasteiger charge is -2.12. The zero-order valence-electron chi connectivity index (χ0n) is 10.2. The highest BCUT2D eigenvalue weighted by atomic mass is 16.5. The van der Waals surface area contributed by atoms with E-state index in [1.165, 1.54) is 0 Å². The number of benzene rings is 1. The molecule has 3 nitrogen and oxygen atoms in total. The average Bonchev–Trinajstić information content (AvgIpc) is 2.34. The summed E-state index contributed by atoms with van der Waals surface area (Å²) in [5.74, 6) is 1.74. The molecule has 0 aliphatic carbocycles. The van der Waals surface area contributed by atoms with Gasteiger partial charge < -0.3 is 15.2 Å². The predicted octanol–water partition coefficient (Wildman–Crippen LogP) is 2.72. The van der Waals surface area contributed by atoms with Crippen LogP contribution in [0.15, 0.2) is 18.2 Å². The van der Waals surface area contributed by atoms with Crippen LogP contribution in [0.2, 0.25) is 0 Å². The van der Waals surface area contributed by atoms with Crippen LogP contribution < -0.4 is 15.2 Å². The second-order valence-corrected chi connectivity index (χ2v) is 3.67. The van der Waals surface area contributed by atoms with Gasteiger partial charge in [-0.2, -0.15) is 0 Å². The van der Waals surface area contributed by atoms with Crippen molar-refractivity contribution in [2.75, 3.05) is 13.2 Å². The first-order chi connectivity index (χ1) is 7.81. The molecule has 0 aliphatic heterocycles. The van der Waals surface area contributed by atoms with Crippen LogP contribution >= 0.6 is 0 Å². The molecule has 0 amide bonds. The summed E-state index contributed by atoms with van der Waals surface area (Å²) in [5.41, 5.74) is 6.69. The van der Waals surface area contributed by atoms with E-state index in [0.717, 1.165) is 43.1 Å². The lowest BCUT2D eigenvalue weighted by atomic mass is 10.2. The van der Waals surface area contributed by atoms with Gasteiger partial charge in [0.2, 0.25) is 0 Å². The monoisotopic (exact) mass is 223 g/mol. The van der Waals surface area contributed by atoms with Crippen LogP contribution in [0.4, 0.5) is 0 Å². The van der Waals surface area contributed by atoms with E-state index in [4.69, 9.17) is 15.2 Å². The number of nitrogens with two attached hydrogens (primary N) is 1. The Labute approximate surface area is 97.6 Å². The van der Waals surface area contributed by atoms with Gasteiger partial charge in [0, 0.05) is 12.1 Å². The zero-order chi connectivity index (χ0) is 11.8. The average molecular weight is 223 g/mol. The molecule has 3 heteroatoms. The Morgan fingerprint density at radius 3 is 2.38 bits per heavy atom. The molecule has 2 N–H and O–H groups in total. The highest BCUT2D eigenvalue weighted by Gasteiger charge is 2.04. The van der Waals surface area contributed by atoms with E-state index < -0.39 is 0 Å². The Balaban J connectivity index is 2.71. The van der Waals surface area contributed by atoms with Gasteiger partial charge in [-0.25, -0.2) is 0 Å². The van der Waals surface area contributed by atoms with Crippen molar-refractivity contribution in [2.24, 2.45) is 5.73 Å². The molecule has 0 fully saturated rings. The Morgan fingerprint density at radius 1 is 1.06 bits per heavy atom. The third kappa shape index (κ3) is 3.74. The fourth-order valence-electron chi connectivity index (χ4n) is 1.38. The Morgan fingerprint density at radius 2 is 1.75 bits per heavy atom. The summed E-state index contributed by atoms with van der Waals surface area (Å²) < 4.78 is 11.1. The van der Waals surface area contributed by atoms with Crippen LogP contribution in [-0.2, 0) is 6.54 Å². The number of rotatable bonds is 7. The number of hydrogen-bond donors (Lipinski definition) is 1. The lowest BCUT2D eigenvalue weighted by molar-refractivity contribution is 0.306. The van der Waals surface area contributed by atoms with E-state index >= 15 is 0 Å². The summed E-state index contributed by atoms with van der Waals surface area (Å²) in [6.07, 6.45) is 2.00. The fraction of sp³-hybridized carbons (Fsp3) is 0.538.